The molecular weight excluding hydrogens is 378 g/mol. The van der Waals surface area contributed by atoms with Crippen LogP contribution >= 0.6 is 0 Å². The number of rotatable bonds is 9. The van der Waals surface area contributed by atoms with E-state index in [1.54, 1.807) is 0 Å². The molecule has 0 N–H and O–H groups in total. The van der Waals surface area contributed by atoms with E-state index in [4.69, 9.17) is 0 Å². The van der Waals surface area contributed by atoms with Crippen LogP contribution in [0.25, 0.3) is 0 Å². The Morgan fingerprint density at radius 1 is 0.708 bits per heavy atom. The zero-order valence-electron chi connectivity index (χ0n) is 12.3. The van der Waals surface area contributed by atoms with E-state index in [0.29, 0.717) is 0 Å². The fraction of sp³-hybridized carbons (Fsp3) is 1.00. The van der Waals surface area contributed by atoms with Gasteiger partial charge in [-0.15, -0.1) is 0 Å². The minimum atomic E-state index is -7.04. The van der Waals surface area contributed by atoms with Gasteiger partial charge in [0.1, 0.15) is 0 Å². The van der Waals surface area contributed by atoms with Gasteiger partial charge in [0.2, 0.25) is 0 Å². The zero-order chi connectivity index (χ0) is 18.7. The summed E-state index contributed by atoms with van der Waals surface area (Å²) < 4.78 is 143. The molecule has 0 amide bonds. The molecule has 0 bridgehead atoms. The van der Waals surface area contributed by atoms with E-state index in [-0.39, 0.29) is 25.3 Å². The molecule has 0 aromatic heterocycles. The Balaban J connectivity index is 0. The first kappa shape index (κ1) is 26.1. The van der Waals surface area contributed by atoms with E-state index in [9.17, 15) is 52.5 Å². The van der Waals surface area contributed by atoms with Gasteiger partial charge in [0, 0.05) is 12.8 Å². The van der Waals surface area contributed by atoms with Crippen molar-refractivity contribution in [2.75, 3.05) is 0 Å². The van der Waals surface area contributed by atoms with Crippen LogP contribution in [0.5, 0.6) is 0 Å². The monoisotopic (exact) mass is 390 g/mol. The van der Waals surface area contributed by atoms with Crippen LogP contribution in [0.1, 0.15) is 38.5 Å². The Labute approximate surface area is 143 Å². The second-order valence-corrected chi connectivity index (χ2v) is 6.20. The third-order valence-electron chi connectivity index (χ3n) is 2.84. The van der Waals surface area contributed by atoms with E-state index in [1.807, 2.05) is 0 Å². The van der Waals surface area contributed by atoms with Gasteiger partial charge in [-0.25, -0.2) is 8.42 Å². The first-order valence-corrected chi connectivity index (χ1v) is 7.52. The molecule has 0 aliphatic heterocycles. The summed E-state index contributed by atoms with van der Waals surface area (Å²) in [6, 6.07) is 0. The molecule has 0 fully saturated rings. The standard InChI is InChI=1S/C10H13F9O3S.Li/c11-7(12,5-3-1-2-4-6-8(13,14)15)9(16,17)10(18,19)23(20,21)22;/h1-6H2,(H,20,21,22);/q;+1/p-1. The molecule has 3 nitrogen and oxygen atoms in total. The second-order valence-electron chi connectivity index (χ2n) is 4.78. The van der Waals surface area contributed by atoms with E-state index in [1.165, 1.54) is 0 Å². The predicted octanol–water partition coefficient (Wildman–Crippen LogP) is 1.30. The molecule has 0 saturated heterocycles. The topological polar surface area (TPSA) is 57.2 Å². The Bertz CT molecular complexity index is 490. The molecule has 0 rings (SSSR count). The van der Waals surface area contributed by atoms with Gasteiger partial charge in [-0.2, -0.15) is 39.5 Å². The molecule has 0 atom stereocenters. The van der Waals surface area contributed by atoms with E-state index in [0.717, 1.165) is 0 Å². The van der Waals surface area contributed by atoms with E-state index < -0.39 is 65.5 Å². The molecule has 0 aromatic rings. The molecule has 0 aromatic carbocycles. The number of alkyl halides is 9. The summed E-state index contributed by atoms with van der Waals surface area (Å²) in [5.41, 5.74) is 0. The van der Waals surface area contributed by atoms with E-state index in [2.05, 4.69) is 0 Å². The Morgan fingerprint density at radius 3 is 1.42 bits per heavy atom. The van der Waals surface area contributed by atoms with Crippen molar-refractivity contribution >= 4 is 10.1 Å². The van der Waals surface area contributed by atoms with Gasteiger partial charge in [-0.1, -0.05) is 12.8 Å². The fourth-order valence-electron chi connectivity index (χ4n) is 1.55. The van der Waals surface area contributed by atoms with Crippen LogP contribution < -0.4 is 18.9 Å². The summed E-state index contributed by atoms with van der Waals surface area (Å²) in [6.07, 6.45) is -9.56. The van der Waals surface area contributed by atoms with Gasteiger partial charge >= 0.3 is 42.1 Å². The Hall–Kier alpha value is -0.123. The SMILES string of the molecule is O=S(=O)([O-])C(F)(F)C(F)(F)C(F)(F)CCCCCCC(F)(F)F.[Li+]. The smallest absolute Gasteiger partial charge is 0.743 e. The Kier molecular flexibility index (Phi) is 9.25. The first-order valence-electron chi connectivity index (χ1n) is 6.11. The molecule has 0 spiro atoms. The molecule has 0 unspecified atom stereocenters. The van der Waals surface area contributed by atoms with Crippen molar-refractivity contribution in [3.63, 3.8) is 0 Å². The van der Waals surface area contributed by atoms with Gasteiger partial charge in [-0.3, -0.25) is 0 Å². The molecular formula is C10H12F9LiO3S. The molecule has 24 heavy (non-hydrogen) atoms. The molecule has 0 radical (unpaired) electrons. The average molecular weight is 390 g/mol. The number of hydrogen-bond donors (Lipinski definition) is 0. The van der Waals surface area contributed by atoms with Crippen LogP contribution in [-0.2, 0) is 10.1 Å². The summed E-state index contributed by atoms with van der Waals surface area (Å²) in [5, 5.41) is -6.51. The normalized spacial score (nSPS) is 14.4. The summed E-state index contributed by atoms with van der Waals surface area (Å²) in [6.45, 7) is 0. The predicted molar refractivity (Wildman–Crippen MR) is 58.3 cm³/mol. The molecule has 140 valence electrons. The largest absolute Gasteiger partial charge is 1.00 e. The van der Waals surface area contributed by atoms with Crippen LogP contribution in [0.3, 0.4) is 0 Å². The number of halogens is 9. The number of unbranched alkanes of at least 4 members (excludes halogenated alkanes) is 3. The van der Waals surface area contributed by atoms with Crippen LogP contribution in [0.2, 0.25) is 0 Å². The van der Waals surface area contributed by atoms with Crippen LogP contribution in [0.15, 0.2) is 0 Å². The van der Waals surface area contributed by atoms with Crippen molar-refractivity contribution in [3.05, 3.63) is 0 Å². The van der Waals surface area contributed by atoms with Crippen molar-refractivity contribution in [1.29, 1.82) is 0 Å². The van der Waals surface area contributed by atoms with Crippen molar-refractivity contribution in [2.24, 2.45) is 0 Å². The van der Waals surface area contributed by atoms with Crippen LogP contribution in [0, 0.1) is 0 Å². The second kappa shape index (κ2) is 8.51. The molecule has 14 heteroatoms. The van der Waals surface area contributed by atoms with Crippen molar-refractivity contribution < 1.29 is 71.3 Å². The minimum Gasteiger partial charge on any atom is -0.743 e. The van der Waals surface area contributed by atoms with Crippen LogP contribution in [0.4, 0.5) is 39.5 Å². The maximum absolute atomic E-state index is 13.1. The third kappa shape index (κ3) is 6.65. The molecule has 0 saturated carbocycles. The van der Waals surface area contributed by atoms with Crippen molar-refractivity contribution in [3.8, 4) is 0 Å². The van der Waals surface area contributed by atoms with Gasteiger partial charge < -0.3 is 4.55 Å². The first-order chi connectivity index (χ1) is 9.96. The Morgan fingerprint density at radius 2 is 1.08 bits per heavy atom. The van der Waals surface area contributed by atoms with Gasteiger partial charge in [0.05, 0.1) is 0 Å². The van der Waals surface area contributed by atoms with Gasteiger partial charge in [0.25, 0.3) is 0 Å². The number of hydrogen-bond acceptors (Lipinski definition) is 3. The average Bonchev–Trinajstić information content (AvgIpc) is 2.30. The fourth-order valence-corrected chi connectivity index (χ4v) is 2.02. The summed E-state index contributed by atoms with van der Waals surface area (Å²) in [4.78, 5) is 0. The quantitative estimate of drug-likeness (QED) is 0.258. The summed E-state index contributed by atoms with van der Waals surface area (Å²) in [7, 11) is -7.04. The van der Waals surface area contributed by atoms with Crippen LogP contribution in [-0.4, -0.2) is 36.2 Å². The third-order valence-corrected chi connectivity index (χ3v) is 3.72. The van der Waals surface area contributed by atoms with Crippen molar-refractivity contribution in [1.82, 2.24) is 0 Å². The van der Waals surface area contributed by atoms with E-state index >= 15 is 0 Å². The maximum Gasteiger partial charge on any atom is 1.00 e. The summed E-state index contributed by atoms with van der Waals surface area (Å²) in [5.74, 6) is -12.0. The van der Waals surface area contributed by atoms with Gasteiger partial charge in [0.15, 0.2) is 10.1 Å². The molecule has 0 heterocycles. The van der Waals surface area contributed by atoms with Gasteiger partial charge in [-0.05, 0) is 12.8 Å². The molecule has 0 aliphatic carbocycles. The maximum atomic E-state index is 13.1. The minimum absolute atomic E-state index is 0. The summed E-state index contributed by atoms with van der Waals surface area (Å²) >= 11 is 0. The molecule has 0 aliphatic rings. The zero-order valence-corrected chi connectivity index (χ0v) is 13.1. The van der Waals surface area contributed by atoms with Crippen molar-refractivity contribution in [2.45, 2.75) is 61.8 Å².